The van der Waals surface area contributed by atoms with Gasteiger partial charge in [-0.05, 0) is 37.7 Å². The molecule has 2 aromatic rings. The summed E-state index contributed by atoms with van der Waals surface area (Å²) in [5.74, 6) is 0. The highest BCUT2D eigenvalue weighted by atomic mass is 32.1. The third-order valence-electron chi connectivity index (χ3n) is 2.84. The molecule has 106 valence electrons. The molecule has 0 aliphatic carbocycles. The summed E-state index contributed by atoms with van der Waals surface area (Å²) in [7, 11) is 0. The van der Waals surface area contributed by atoms with Crippen molar-refractivity contribution in [2.75, 3.05) is 25.1 Å². The van der Waals surface area contributed by atoms with E-state index in [9.17, 15) is 0 Å². The fourth-order valence-electron chi connectivity index (χ4n) is 1.89. The number of rotatable bonds is 6. The Morgan fingerprint density at radius 1 is 1.30 bits per heavy atom. The maximum Gasteiger partial charge on any atom is 0.170 e. The van der Waals surface area contributed by atoms with Crippen LogP contribution in [-0.4, -0.2) is 29.9 Å². The van der Waals surface area contributed by atoms with Crippen molar-refractivity contribution >= 4 is 33.9 Å². The molecule has 1 aromatic carbocycles. The summed E-state index contributed by atoms with van der Waals surface area (Å²) < 4.78 is 5.28. The summed E-state index contributed by atoms with van der Waals surface area (Å²) in [6.07, 6.45) is 2.72. The Morgan fingerprint density at radius 3 is 3.00 bits per heavy atom. The second-order valence-electron chi connectivity index (χ2n) is 4.31. The molecule has 2 rings (SSSR count). The van der Waals surface area contributed by atoms with Crippen LogP contribution in [0.15, 0.2) is 36.5 Å². The van der Waals surface area contributed by atoms with Gasteiger partial charge in [-0.25, -0.2) is 0 Å². The third kappa shape index (κ3) is 4.15. The van der Waals surface area contributed by atoms with Crippen LogP contribution < -0.4 is 10.6 Å². The predicted molar refractivity (Wildman–Crippen MR) is 87.1 cm³/mol. The van der Waals surface area contributed by atoms with Gasteiger partial charge in [0.2, 0.25) is 0 Å². The SMILES string of the molecule is CCOCCCNC(=S)Nc1cccc2cccnc12. The number of thiocarbonyl (C=S) groups is 1. The van der Waals surface area contributed by atoms with Crippen LogP contribution in [0.25, 0.3) is 10.9 Å². The van der Waals surface area contributed by atoms with Crippen molar-refractivity contribution in [1.29, 1.82) is 0 Å². The largest absolute Gasteiger partial charge is 0.382 e. The number of fused-ring (bicyclic) bond motifs is 1. The molecule has 0 unspecified atom stereocenters. The minimum atomic E-state index is 0.611. The van der Waals surface area contributed by atoms with E-state index in [-0.39, 0.29) is 0 Å². The number of para-hydroxylation sites is 1. The van der Waals surface area contributed by atoms with E-state index in [1.807, 2.05) is 37.3 Å². The van der Waals surface area contributed by atoms with Gasteiger partial charge in [0.15, 0.2) is 5.11 Å². The quantitative estimate of drug-likeness (QED) is 0.632. The highest BCUT2D eigenvalue weighted by Crippen LogP contribution is 2.20. The fourth-order valence-corrected chi connectivity index (χ4v) is 2.10. The van der Waals surface area contributed by atoms with Crippen LogP contribution in [0.2, 0.25) is 0 Å². The number of hydrogen-bond acceptors (Lipinski definition) is 3. The monoisotopic (exact) mass is 289 g/mol. The maximum atomic E-state index is 5.29. The van der Waals surface area contributed by atoms with Crippen LogP contribution in [0.3, 0.4) is 0 Å². The molecule has 4 nitrogen and oxygen atoms in total. The van der Waals surface area contributed by atoms with Gasteiger partial charge in [0, 0.05) is 31.3 Å². The number of nitrogens with one attached hydrogen (secondary N) is 2. The lowest BCUT2D eigenvalue weighted by atomic mass is 10.2. The van der Waals surface area contributed by atoms with Gasteiger partial charge in [-0.3, -0.25) is 4.98 Å². The topological polar surface area (TPSA) is 46.2 Å². The van der Waals surface area contributed by atoms with Crippen LogP contribution in [0.4, 0.5) is 5.69 Å². The molecule has 0 fully saturated rings. The van der Waals surface area contributed by atoms with Crippen LogP contribution in [0.1, 0.15) is 13.3 Å². The van der Waals surface area contributed by atoms with Crippen LogP contribution in [0, 0.1) is 0 Å². The fraction of sp³-hybridized carbons (Fsp3) is 0.333. The molecule has 0 saturated carbocycles. The first-order chi connectivity index (χ1) is 9.81. The van der Waals surface area contributed by atoms with Crippen molar-refractivity contribution in [2.24, 2.45) is 0 Å². The number of benzene rings is 1. The van der Waals surface area contributed by atoms with Gasteiger partial charge in [-0.15, -0.1) is 0 Å². The molecule has 0 aliphatic rings. The second-order valence-corrected chi connectivity index (χ2v) is 4.72. The van der Waals surface area contributed by atoms with Gasteiger partial charge in [0.05, 0.1) is 11.2 Å². The van der Waals surface area contributed by atoms with Crippen molar-refractivity contribution < 1.29 is 4.74 Å². The Kier molecular flexibility index (Phi) is 5.70. The average Bonchev–Trinajstić information content (AvgIpc) is 2.47. The van der Waals surface area contributed by atoms with Gasteiger partial charge in [0.1, 0.15) is 0 Å². The molecule has 0 radical (unpaired) electrons. The zero-order valence-electron chi connectivity index (χ0n) is 11.6. The van der Waals surface area contributed by atoms with Gasteiger partial charge in [-0.1, -0.05) is 18.2 Å². The van der Waals surface area contributed by atoms with E-state index in [0.29, 0.717) is 5.11 Å². The van der Waals surface area contributed by atoms with Crippen LogP contribution in [0.5, 0.6) is 0 Å². The van der Waals surface area contributed by atoms with E-state index in [2.05, 4.69) is 15.6 Å². The molecular weight excluding hydrogens is 270 g/mol. The second kappa shape index (κ2) is 7.77. The molecule has 0 saturated heterocycles. The summed E-state index contributed by atoms with van der Waals surface area (Å²) in [5.41, 5.74) is 1.85. The van der Waals surface area contributed by atoms with Crippen molar-refractivity contribution in [1.82, 2.24) is 10.3 Å². The van der Waals surface area contributed by atoms with E-state index in [1.165, 1.54) is 0 Å². The summed E-state index contributed by atoms with van der Waals surface area (Å²) >= 11 is 5.29. The first kappa shape index (κ1) is 14.7. The van der Waals surface area contributed by atoms with Crippen molar-refractivity contribution in [3.05, 3.63) is 36.5 Å². The van der Waals surface area contributed by atoms with E-state index in [0.717, 1.165) is 42.8 Å². The first-order valence-corrected chi connectivity index (χ1v) is 7.18. The zero-order chi connectivity index (χ0) is 14.2. The van der Waals surface area contributed by atoms with Crippen molar-refractivity contribution in [3.8, 4) is 0 Å². The summed E-state index contributed by atoms with van der Waals surface area (Å²) in [4.78, 5) is 4.39. The lowest BCUT2D eigenvalue weighted by Gasteiger charge is -2.12. The van der Waals surface area contributed by atoms with Crippen LogP contribution >= 0.6 is 12.2 Å². The highest BCUT2D eigenvalue weighted by molar-refractivity contribution is 7.80. The standard InChI is InChI=1S/C15H19N3OS/c1-2-19-11-5-10-17-15(20)18-13-8-3-6-12-7-4-9-16-14(12)13/h3-4,6-9H,2,5,10-11H2,1H3,(H2,17,18,20). The lowest BCUT2D eigenvalue weighted by Crippen LogP contribution is -2.29. The number of hydrogen-bond donors (Lipinski definition) is 2. The normalized spacial score (nSPS) is 10.4. The number of pyridine rings is 1. The molecule has 0 atom stereocenters. The molecule has 0 amide bonds. The molecule has 1 heterocycles. The highest BCUT2D eigenvalue weighted by Gasteiger charge is 2.03. The number of aromatic nitrogens is 1. The number of anilines is 1. The molecule has 0 spiro atoms. The molecule has 0 aliphatic heterocycles. The molecule has 2 N–H and O–H groups in total. The predicted octanol–water partition coefficient (Wildman–Crippen LogP) is 2.95. The van der Waals surface area contributed by atoms with Gasteiger partial charge in [-0.2, -0.15) is 0 Å². The Balaban J connectivity index is 1.90. The van der Waals surface area contributed by atoms with Gasteiger partial charge >= 0.3 is 0 Å². The maximum absolute atomic E-state index is 5.29. The summed E-state index contributed by atoms with van der Waals surface area (Å²) in [5, 5.41) is 8.07. The average molecular weight is 289 g/mol. The Morgan fingerprint density at radius 2 is 2.15 bits per heavy atom. The van der Waals surface area contributed by atoms with Crippen LogP contribution in [-0.2, 0) is 4.74 Å². The Bertz CT molecular complexity index is 569. The summed E-state index contributed by atoms with van der Waals surface area (Å²) in [6.45, 7) is 4.30. The molecule has 5 heteroatoms. The molecule has 20 heavy (non-hydrogen) atoms. The minimum Gasteiger partial charge on any atom is -0.382 e. The van der Waals surface area contributed by atoms with E-state index in [1.54, 1.807) is 6.20 Å². The lowest BCUT2D eigenvalue weighted by molar-refractivity contribution is 0.146. The van der Waals surface area contributed by atoms with E-state index >= 15 is 0 Å². The van der Waals surface area contributed by atoms with Gasteiger partial charge in [0.25, 0.3) is 0 Å². The van der Waals surface area contributed by atoms with E-state index in [4.69, 9.17) is 17.0 Å². The summed E-state index contributed by atoms with van der Waals surface area (Å²) in [6, 6.07) is 9.96. The molecule has 0 bridgehead atoms. The van der Waals surface area contributed by atoms with Crippen molar-refractivity contribution in [2.45, 2.75) is 13.3 Å². The first-order valence-electron chi connectivity index (χ1n) is 6.77. The molecular formula is C15H19N3OS. The molecule has 1 aromatic heterocycles. The van der Waals surface area contributed by atoms with E-state index < -0.39 is 0 Å². The Labute approximate surface area is 124 Å². The van der Waals surface area contributed by atoms with Gasteiger partial charge < -0.3 is 15.4 Å². The number of ether oxygens (including phenoxy) is 1. The van der Waals surface area contributed by atoms with Crippen molar-refractivity contribution in [3.63, 3.8) is 0 Å². The zero-order valence-corrected chi connectivity index (χ0v) is 12.4. The number of nitrogens with zero attached hydrogens (tertiary/aromatic N) is 1. The smallest absolute Gasteiger partial charge is 0.170 e. The minimum absolute atomic E-state index is 0.611. The Hall–Kier alpha value is -1.72. The third-order valence-corrected chi connectivity index (χ3v) is 3.08.